The minimum atomic E-state index is -4.58. The molecule has 4 aliphatic rings. The maximum atomic E-state index is 17.5. The molecule has 3 aliphatic heterocycles. The number of carboxylic acid groups (broad SMARTS) is 1. The van der Waals surface area contributed by atoms with E-state index in [9.17, 15) is 33.1 Å². The van der Waals surface area contributed by atoms with Gasteiger partial charge in [-0.25, -0.2) is 4.39 Å². The third-order valence-electron chi connectivity index (χ3n) is 10.9. The van der Waals surface area contributed by atoms with Gasteiger partial charge in [-0.15, -0.1) is 0 Å². The molecular weight excluding hydrogens is 616 g/mol. The monoisotopic (exact) mass is 656 g/mol. The van der Waals surface area contributed by atoms with E-state index in [2.05, 4.69) is 11.0 Å². The molecule has 47 heavy (non-hydrogen) atoms. The largest absolute Gasteiger partial charge is 0.497 e. The minimum absolute atomic E-state index is 0.0299. The predicted octanol–water partition coefficient (Wildman–Crippen LogP) is 5.97. The molecule has 1 N–H and O–H groups in total. The first kappa shape index (κ1) is 33.1. The van der Waals surface area contributed by atoms with E-state index in [0.29, 0.717) is 48.4 Å². The van der Waals surface area contributed by atoms with Gasteiger partial charge in [0.15, 0.2) is 0 Å². The van der Waals surface area contributed by atoms with Crippen molar-refractivity contribution in [3.05, 3.63) is 59.2 Å². The number of likely N-dealkylation sites (tertiary alicyclic amines) is 2. The summed E-state index contributed by atoms with van der Waals surface area (Å²) in [7, 11) is 1.55. The van der Waals surface area contributed by atoms with E-state index in [1.54, 1.807) is 36.3 Å². The molecule has 0 bridgehead atoms. The second kappa shape index (κ2) is 13.0. The summed E-state index contributed by atoms with van der Waals surface area (Å²) < 4.78 is 64.4. The van der Waals surface area contributed by atoms with E-state index in [1.165, 1.54) is 11.0 Å². The summed E-state index contributed by atoms with van der Waals surface area (Å²) in [5.41, 5.74) is -1.45. The predicted molar refractivity (Wildman–Crippen MR) is 166 cm³/mol. The molecule has 252 valence electrons. The van der Waals surface area contributed by atoms with Crippen LogP contribution in [0.15, 0.2) is 42.5 Å². The van der Waals surface area contributed by atoms with Gasteiger partial charge >= 0.3 is 12.1 Å². The van der Waals surface area contributed by atoms with Gasteiger partial charge in [-0.2, -0.15) is 18.4 Å². The van der Waals surface area contributed by atoms with Crippen LogP contribution in [0, 0.1) is 17.2 Å². The van der Waals surface area contributed by atoms with E-state index in [-0.39, 0.29) is 38.6 Å². The van der Waals surface area contributed by atoms with Crippen LogP contribution in [0.3, 0.4) is 0 Å². The molecule has 0 spiro atoms. The number of aliphatic carboxylic acids is 1. The van der Waals surface area contributed by atoms with E-state index in [0.717, 1.165) is 31.4 Å². The summed E-state index contributed by atoms with van der Waals surface area (Å²) >= 11 is 0. The number of nitriles is 1. The first-order chi connectivity index (χ1) is 22.4. The van der Waals surface area contributed by atoms with Crippen LogP contribution in [0.4, 0.5) is 23.2 Å². The lowest BCUT2D eigenvalue weighted by molar-refractivity contribution is -0.145. The number of ether oxygens (including phenoxy) is 1. The van der Waals surface area contributed by atoms with Gasteiger partial charge in [-0.1, -0.05) is 24.6 Å². The van der Waals surface area contributed by atoms with Crippen LogP contribution in [-0.4, -0.2) is 84.4 Å². The molecule has 12 heteroatoms. The topological polar surface area (TPSA) is 97.1 Å². The van der Waals surface area contributed by atoms with Gasteiger partial charge in [0.05, 0.1) is 31.1 Å². The van der Waals surface area contributed by atoms with Crippen molar-refractivity contribution in [2.24, 2.45) is 5.92 Å². The second-order valence-corrected chi connectivity index (χ2v) is 13.5. The van der Waals surface area contributed by atoms with Crippen molar-refractivity contribution in [2.75, 3.05) is 44.7 Å². The van der Waals surface area contributed by atoms with Crippen molar-refractivity contribution in [3.8, 4) is 11.8 Å². The lowest BCUT2D eigenvalue weighted by Crippen LogP contribution is -2.52. The Kier molecular flexibility index (Phi) is 9.13. The number of hydrogen-bond donors (Lipinski definition) is 1. The zero-order chi connectivity index (χ0) is 33.5. The minimum Gasteiger partial charge on any atom is -0.497 e. The summed E-state index contributed by atoms with van der Waals surface area (Å²) in [6, 6.07) is 12.4. The Morgan fingerprint density at radius 3 is 2.34 bits per heavy atom. The number of carbonyl (C=O) groups excluding carboxylic acids is 1. The van der Waals surface area contributed by atoms with Crippen LogP contribution in [0.5, 0.6) is 5.75 Å². The average Bonchev–Trinajstić information content (AvgIpc) is 3.61. The standard InChI is InChI=1S/C35H40F4N4O4/c1-47-28-8-5-22(6-9-28)30-20-42(26-3-2-4-26)21-34(30,36)33(46)43-19-24(17-27(43)11-14-40)29-10-7-25(35(37,38)39)18-31(29)41-15-12-23(13-16-41)32(44)45/h5-10,18,23-24,26-27,30H,2-4,11-13,15-17,19-21H2,1H3,(H,44,45)/t24-,27-,30+,34+/m1/s1. The molecule has 3 heterocycles. The fraction of sp³-hybridized carbons (Fsp3) is 0.571. The van der Waals surface area contributed by atoms with E-state index >= 15 is 4.39 Å². The summed E-state index contributed by atoms with van der Waals surface area (Å²) in [5, 5.41) is 19.2. The number of carbonyl (C=O) groups is 2. The average molecular weight is 657 g/mol. The van der Waals surface area contributed by atoms with Crippen LogP contribution < -0.4 is 9.64 Å². The Hall–Kier alpha value is -3.85. The van der Waals surface area contributed by atoms with Gasteiger partial charge in [-0.05, 0) is 67.5 Å². The Labute approximate surface area is 271 Å². The molecule has 0 unspecified atom stereocenters. The molecule has 4 atom stereocenters. The number of rotatable bonds is 8. The zero-order valence-corrected chi connectivity index (χ0v) is 26.4. The van der Waals surface area contributed by atoms with Crippen molar-refractivity contribution in [2.45, 2.75) is 80.7 Å². The quantitative estimate of drug-likeness (QED) is 0.350. The van der Waals surface area contributed by atoms with E-state index in [1.807, 2.05) is 0 Å². The van der Waals surface area contributed by atoms with Crippen LogP contribution >= 0.6 is 0 Å². The number of piperidine rings is 1. The number of carboxylic acids is 1. The van der Waals surface area contributed by atoms with Crippen LogP contribution in [0.1, 0.15) is 73.5 Å². The van der Waals surface area contributed by atoms with Gasteiger partial charge < -0.3 is 19.6 Å². The number of halogens is 4. The lowest BCUT2D eigenvalue weighted by atomic mass is 9.85. The van der Waals surface area contributed by atoms with E-state index < -0.39 is 53.1 Å². The maximum Gasteiger partial charge on any atom is 0.416 e. The number of amides is 1. The molecule has 1 aliphatic carbocycles. The molecule has 0 radical (unpaired) electrons. The van der Waals surface area contributed by atoms with Gasteiger partial charge in [0.25, 0.3) is 5.91 Å². The highest BCUT2D eigenvalue weighted by atomic mass is 19.4. The van der Waals surface area contributed by atoms with Crippen LogP contribution in [0.2, 0.25) is 0 Å². The Morgan fingerprint density at radius 1 is 1.06 bits per heavy atom. The SMILES string of the molecule is COc1ccc([C@@H]2CN(C3CCC3)C[C@@]2(F)C(=O)N2C[C@H](c3ccc(C(F)(F)F)cc3N3CCC(C(=O)O)CC3)C[C@H]2CC#N)cc1. The Morgan fingerprint density at radius 2 is 1.77 bits per heavy atom. The zero-order valence-electron chi connectivity index (χ0n) is 26.4. The van der Waals surface area contributed by atoms with Gasteiger partial charge in [0, 0.05) is 62.3 Å². The third-order valence-corrected chi connectivity index (χ3v) is 10.9. The summed E-state index contributed by atoms with van der Waals surface area (Å²) in [6.45, 7) is 0.943. The number of benzene rings is 2. The van der Waals surface area contributed by atoms with Crippen molar-refractivity contribution < 1.29 is 37.0 Å². The smallest absolute Gasteiger partial charge is 0.416 e. The molecule has 2 aromatic rings. The normalized spacial score (nSPS) is 27.4. The second-order valence-electron chi connectivity index (χ2n) is 13.5. The van der Waals surface area contributed by atoms with Gasteiger partial charge in [-0.3, -0.25) is 14.5 Å². The lowest BCUT2D eigenvalue weighted by Gasteiger charge is -2.36. The Balaban J connectivity index is 1.31. The van der Waals surface area contributed by atoms with Gasteiger partial charge in [0.2, 0.25) is 5.67 Å². The van der Waals surface area contributed by atoms with Gasteiger partial charge in [0.1, 0.15) is 5.75 Å². The van der Waals surface area contributed by atoms with Crippen molar-refractivity contribution in [3.63, 3.8) is 0 Å². The first-order valence-corrected chi connectivity index (χ1v) is 16.4. The first-order valence-electron chi connectivity index (χ1n) is 16.4. The van der Waals surface area contributed by atoms with Crippen LogP contribution in [-0.2, 0) is 15.8 Å². The molecule has 1 saturated carbocycles. The fourth-order valence-corrected chi connectivity index (χ4v) is 7.94. The number of hydrogen-bond acceptors (Lipinski definition) is 6. The van der Waals surface area contributed by atoms with Crippen molar-refractivity contribution in [1.82, 2.24) is 9.80 Å². The van der Waals surface area contributed by atoms with Crippen LogP contribution in [0.25, 0.3) is 0 Å². The fourth-order valence-electron chi connectivity index (χ4n) is 7.94. The highest BCUT2D eigenvalue weighted by molar-refractivity contribution is 5.88. The van der Waals surface area contributed by atoms with Crippen molar-refractivity contribution in [1.29, 1.82) is 5.26 Å². The molecule has 3 saturated heterocycles. The summed E-state index contributed by atoms with van der Waals surface area (Å²) in [5.74, 6) is -2.72. The highest BCUT2D eigenvalue weighted by Crippen LogP contribution is 2.47. The third kappa shape index (κ3) is 6.39. The molecule has 8 nitrogen and oxygen atoms in total. The molecule has 0 aromatic heterocycles. The molecule has 1 amide bonds. The van der Waals surface area contributed by atoms with E-state index in [4.69, 9.17) is 4.74 Å². The maximum absolute atomic E-state index is 17.5. The molecular formula is C35H40F4N4O4. The molecule has 4 fully saturated rings. The number of nitrogens with zero attached hydrogens (tertiary/aromatic N) is 4. The Bertz CT molecular complexity index is 1520. The molecule has 6 rings (SSSR count). The summed E-state index contributed by atoms with van der Waals surface area (Å²) in [6.07, 6.45) is -0.761. The summed E-state index contributed by atoms with van der Waals surface area (Å²) in [4.78, 5) is 31.3. The van der Waals surface area contributed by atoms with Crippen molar-refractivity contribution >= 4 is 17.6 Å². The molecule has 2 aromatic carbocycles. The highest BCUT2D eigenvalue weighted by Gasteiger charge is 2.58. The number of anilines is 1. The number of methoxy groups -OCH3 is 1. The number of alkyl halides is 4.